The lowest BCUT2D eigenvalue weighted by molar-refractivity contribution is -0.387. The van der Waals surface area contributed by atoms with Crippen LogP contribution in [0.4, 0.5) is 21.5 Å². The van der Waals surface area contributed by atoms with Gasteiger partial charge in [0.25, 0.3) is 15.7 Å². The minimum absolute atomic E-state index is 0.0531. The third-order valence-electron chi connectivity index (χ3n) is 3.19. The summed E-state index contributed by atoms with van der Waals surface area (Å²) in [6, 6.07) is 7.07. The van der Waals surface area contributed by atoms with Crippen molar-refractivity contribution in [2.75, 3.05) is 10.0 Å². The van der Waals surface area contributed by atoms with E-state index in [1.54, 1.807) is 0 Å². The predicted octanol–water partition coefficient (Wildman–Crippen LogP) is 2.80. The van der Waals surface area contributed by atoms with Gasteiger partial charge in [-0.1, -0.05) is 12.1 Å². The van der Waals surface area contributed by atoms with Crippen LogP contribution in [-0.2, 0) is 14.8 Å². The summed E-state index contributed by atoms with van der Waals surface area (Å²) in [7, 11) is -4.30. The number of hydrogen-bond acceptors (Lipinski definition) is 5. The zero-order chi connectivity index (χ0) is 18.8. The molecule has 2 N–H and O–H groups in total. The molecule has 0 heterocycles. The van der Waals surface area contributed by atoms with E-state index in [0.29, 0.717) is 0 Å². The first-order valence-corrected chi connectivity index (χ1v) is 8.44. The maximum Gasteiger partial charge on any atom is 0.290 e. The number of anilines is 2. The van der Waals surface area contributed by atoms with Crippen molar-refractivity contribution in [3.05, 3.63) is 57.9 Å². The van der Waals surface area contributed by atoms with Crippen LogP contribution >= 0.6 is 0 Å². The van der Waals surface area contributed by atoms with E-state index in [0.717, 1.165) is 24.3 Å². The largest absolute Gasteiger partial charge is 0.324 e. The van der Waals surface area contributed by atoms with Crippen LogP contribution in [0.15, 0.2) is 41.3 Å². The number of rotatable bonds is 5. The second-order valence-corrected chi connectivity index (χ2v) is 6.78. The maximum absolute atomic E-state index is 13.6. The fraction of sp³-hybridized carbons (Fsp3) is 0.133. The van der Waals surface area contributed by atoms with Gasteiger partial charge in [0.05, 0.1) is 16.3 Å². The highest BCUT2D eigenvalue weighted by Gasteiger charge is 2.28. The van der Waals surface area contributed by atoms with E-state index in [9.17, 15) is 27.7 Å². The standard InChI is InChI=1S/C15H14FN3O5S/c1-9-4-3-5-14(19(21)22)15(9)25(23,24)18-11-6-7-12(16)13(8-11)17-10(2)20/h3-8,18H,1-2H3,(H,17,20). The lowest BCUT2D eigenvalue weighted by atomic mass is 10.2. The molecule has 0 spiro atoms. The Morgan fingerprint density at radius 1 is 1.24 bits per heavy atom. The minimum Gasteiger partial charge on any atom is -0.324 e. The summed E-state index contributed by atoms with van der Waals surface area (Å²) in [5.74, 6) is -1.28. The molecule has 2 aromatic rings. The molecule has 2 aromatic carbocycles. The van der Waals surface area contributed by atoms with Gasteiger partial charge < -0.3 is 5.32 Å². The van der Waals surface area contributed by atoms with E-state index in [4.69, 9.17) is 0 Å². The number of hydrogen-bond donors (Lipinski definition) is 2. The number of carbonyl (C=O) groups excluding carboxylic acids is 1. The molecule has 0 atom stereocenters. The van der Waals surface area contributed by atoms with Crippen LogP contribution in [0.1, 0.15) is 12.5 Å². The number of amides is 1. The van der Waals surface area contributed by atoms with Gasteiger partial charge in [0.15, 0.2) is 4.90 Å². The van der Waals surface area contributed by atoms with Gasteiger partial charge in [0, 0.05) is 13.0 Å². The Morgan fingerprint density at radius 2 is 1.92 bits per heavy atom. The van der Waals surface area contributed by atoms with Crippen LogP contribution in [0, 0.1) is 22.9 Å². The molecular weight excluding hydrogens is 353 g/mol. The summed E-state index contributed by atoms with van der Waals surface area (Å²) in [5.41, 5.74) is -0.655. The topological polar surface area (TPSA) is 118 Å². The van der Waals surface area contributed by atoms with Crippen molar-refractivity contribution in [3.8, 4) is 0 Å². The highest BCUT2D eigenvalue weighted by molar-refractivity contribution is 7.93. The van der Waals surface area contributed by atoms with Gasteiger partial charge in [0.2, 0.25) is 5.91 Å². The first-order chi connectivity index (χ1) is 11.6. The summed E-state index contributed by atoms with van der Waals surface area (Å²) in [6.07, 6.45) is 0. The van der Waals surface area contributed by atoms with E-state index in [2.05, 4.69) is 10.0 Å². The molecule has 10 heteroatoms. The highest BCUT2D eigenvalue weighted by atomic mass is 32.2. The molecule has 2 rings (SSSR count). The molecule has 0 bridgehead atoms. The maximum atomic E-state index is 13.6. The fourth-order valence-electron chi connectivity index (χ4n) is 2.21. The van der Waals surface area contributed by atoms with Gasteiger partial charge in [-0.2, -0.15) is 0 Å². The third kappa shape index (κ3) is 4.10. The second kappa shape index (κ2) is 6.85. The van der Waals surface area contributed by atoms with Gasteiger partial charge in [-0.15, -0.1) is 0 Å². The molecule has 132 valence electrons. The van der Waals surface area contributed by atoms with E-state index in [1.165, 1.54) is 26.0 Å². The molecule has 0 fully saturated rings. The second-order valence-electron chi connectivity index (χ2n) is 5.16. The summed E-state index contributed by atoms with van der Waals surface area (Å²) in [4.78, 5) is 20.9. The van der Waals surface area contributed by atoms with Gasteiger partial charge in [-0.25, -0.2) is 12.8 Å². The third-order valence-corrected chi connectivity index (χ3v) is 4.76. The van der Waals surface area contributed by atoms with E-state index < -0.39 is 37.3 Å². The van der Waals surface area contributed by atoms with E-state index in [-0.39, 0.29) is 16.9 Å². The van der Waals surface area contributed by atoms with Crippen molar-refractivity contribution < 1.29 is 22.5 Å². The molecule has 8 nitrogen and oxygen atoms in total. The number of benzene rings is 2. The average molecular weight is 367 g/mol. The average Bonchev–Trinajstić information content (AvgIpc) is 2.49. The van der Waals surface area contributed by atoms with Crippen LogP contribution in [0.5, 0.6) is 0 Å². The molecule has 0 aliphatic heterocycles. The van der Waals surface area contributed by atoms with Crippen LogP contribution in [0.3, 0.4) is 0 Å². The molecule has 0 aliphatic rings. The highest BCUT2D eigenvalue weighted by Crippen LogP contribution is 2.29. The SMILES string of the molecule is CC(=O)Nc1cc(NS(=O)(=O)c2c(C)cccc2[N+](=O)[O-])ccc1F. The Morgan fingerprint density at radius 3 is 2.52 bits per heavy atom. The predicted molar refractivity (Wildman–Crippen MR) is 89.3 cm³/mol. The quantitative estimate of drug-likeness (QED) is 0.622. The molecule has 0 aromatic heterocycles. The molecule has 0 saturated heterocycles. The summed E-state index contributed by atoms with van der Waals surface area (Å²) in [5, 5.41) is 13.3. The van der Waals surface area contributed by atoms with E-state index in [1.807, 2.05) is 0 Å². The first kappa shape index (κ1) is 18.3. The number of halogens is 1. The number of nitrogens with one attached hydrogen (secondary N) is 2. The van der Waals surface area contributed by atoms with Crippen LogP contribution < -0.4 is 10.0 Å². The van der Waals surface area contributed by atoms with Crippen molar-refractivity contribution in [2.24, 2.45) is 0 Å². The summed E-state index contributed by atoms with van der Waals surface area (Å²) >= 11 is 0. The number of nitro groups is 1. The molecular formula is C15H14FN3O5S. The van der Waals surface area contributed by atoms with Crippen LogP contribution in [0.2, 0.25) is 0 Å². The number of aryl methyl sites for hydroxylation is 1. The zero-order valence-electron chi connectivity index (χ0n) is 13.2. The molecule has 1 amide bonds. The van der Waals surface area contributed by atoms with Gasteiger partial charge in [-0.3, -0.25) is 19.6 Å². The normalized spacial score (nSPS) is 11.0. The van der Waals surface area contributed by atoms with Crippen LogP contribution in [0.25, 0.3) is 0 Å². The van der Waals surface area contributed by atoms with Gasteiger partial charge in [0.1, 0.15) is 5.82 Å². The zero-order valence-corrected chi connectivity index (χ0v) is 14.1. The minimum atomic E-state index is -4.30. The van der Waals surface area contributed by atoms with Crippen molar-refractivity contribution in [1.82, 2.24) is 0 Å². The summed E-state index contributed by atoms with van der Waals surface area (Å²) < 4.78 is 40.9. The number of sulfonamides is 1. The monoisotopic (exact) mass is 367 g/mol. The lowest BCUT2D eigenvalue weighted by Crippen LogP contribution is -2.16. The van der Waals surface area contributed by atoms with Gasteiger partial charge in [-0.05, 0) is 30.7 Å². The van der Waals surface area contributed by atoms with E-state index >= 15 is 0 Å². The van der Waals surface area contributed by atoms with Crippen molar-refractivity contribution in [1.29, 1.82) is 0 Å². The molecule has 0 aliphatic carbocycles. The Bertz CT molecular complexity index is 960. The Hall–Kier alpha value is -3.01. The number of nitro benzene ring substituents is 1. The Kier molecular flexibility index (Phi) is 5.02. The fourth-order valence-corrected chi connectivity index (χ4v) is 3.66. The summed E-state index contributed by atoms with van der Waals surface area (Å²) in [6.45, 7) is 2.60. The van der Waals surface area contributed by atoms with Crippen molar-refractivity contribution in [3.63, 3.8) is 0 Å². The Balaban J connectivity index is 2.47. The first-order valence-electron chi connectivity index (χ1n) is 6.96. The van der Waals surface area contributed by atoms with Crippen LogP contribution in [-0.4, -0.2) is 19.2 Å². The van der Waals surface area contributed by atoms with Gasteiger partial charge >= 0.3 is 0 Å². The Labute approximate surface area is 142 Å². The molecule has 25 heavy (non-hydrogen) atoms. The number of carbonyl (C=O) groups is 1. The molecule has 0 radical (unpaired) electrons. The molecule has 0 saturated carbocycles. The lowest BCUT2D eigenvalue weighted by Gasteiger charge is -2.12. The van der Waals surface area contributed by atoms with Crippen molar-refractivity contribution in [2.45, 2.75) is 18.7 Å². The molecule has 0 unspecified atom stereocenters. The number of nitrogens with zero attached hydrogens (tertiary/aromatic N) is 1. The van der Waals surface area contributed by atoms with Crippen molar-refractivity contribution >= 4 is 33.0 Å². The smallest absolute Gasteiger partial charge is 0.290 e.